The number of carbonyl (C=O) groups excluding carboxylic acids is 1. The van der Waals surface area contributed by atoms with Crippen molar-refractivity contribution in [3.05, 3.63) is 82.5 Å². The van der Waals surface area contributed by atoms with E-state index in [1.54, 1.807) is 30.0 Å². The Hall–Kier alpha value is -2.99. The Balaban J connectivity index is 1.33. The molecule has 1 aromatic heterocycles. The number of hydrogen-bond acceptors (Lipinski definition) is 4. The highest BCUT2D eigenvalue weighted by molar-refractivity contribution is 6.06. The SMILES string of the molecule is Cc1cc(C(=O)N2CC3(CCN(Cc4ccc(C(C)(C)C)cc4)CC3)c3cc(F)ccc32)no1. The molecule has 178 valence electrons. The quantitative estimate of drug-likeness (QED) is 0.508. The lowest BCUT2D eigenvalue weighted by Gasteiger charge is -2.40. The molecule has 2 aromatic carbocycles. The predicted molar refractivity (Wildman–Crippen MR) is 131 cm³/mol. The van der Waals surface area contributed by atoms with Crippen molar-refractivity contribution in [3.63, 3.8) is 0 Å². The van der Waals surface area contributed by atoms with Crippen LogP contribution in [-0.4, -0.2) is 35.6 Å². The van der Waals surface area contributed by atoms with Gasteiger partial charge in [0.05, 0.1) is 0 Å². The predicted octanol–water partition coefficient (Wildman–Crippen LogP) is 5.61. The molecule has 0 bridgehead atoms. The zero-order chi connectivity index (χ0) is 24.1. The number of amides is 1. The van der Waals surface area contributed by atoms with E-state index < -0.39 is 0 Å². The van der Waals surface area contributed by atoms with Gasteiger partial charge in [-0.2, -0.15) is 0 Å². The van der Waals surface area contributed by atoms with Gasteiger partial charge in [0.1, 0.15) is 11.6 Å². The lowest BCUT2D eigenvalue weighted by atomic mass is 9.74. The Labute approximate surface area is 200 Å². The molecule has 0 aliphatic carbocycles. The summed E-state index contributed by atoms with van der Waals surface area (Å²) in [6, 6.07) is 15.4. The van der Waals surface area contributed by atoms with Gasteiger partial charge in [0.2, 0.25) is 0 Å². The number of anilines is 1. The van der Waals surface area contributed by atoms with E-state index in [1.165, 1.54) is 17.2 Å². The molecule has 0 radical (unpaired) electrons. The smallest absolute Gasteiger partial charge is 0.280 e. The third-order valence-corrected chi connectivity index (χ3v) is 7.41. The van der Waals surface area contributed by atoms with Gasteiger partial charge in [-0.05, 0) is 73.2 Å². The van der Waals surface area contributed by atoms with Crippen molar-refractivity contribution in [1.82, 2.24) is 10.1 Å². The van der Waals surface area contributed by atoms with Gasteiger partial charge in [-0.3, -0.25) is 9.69 Å². The van der Waals surface area contributed by atoms with Gasteiger partial charge in [-0.25, -0.2) is 4.39 Å². The van der Waals surface area contributed by atoms with Crippen LogP contribution in [0.15, 0.2) is 53.1 Å². The van der Waals surface area contributed by atoms with E-state index in [9.17, 15) is 9.18 Å². The lowest BCUT2D eigenvalue weighted by Crippen LogP contribution is -2.45. The van der Waals surface area contributed by atoms with E-state index in [-0.39, 0.29) is 22.6 Å². The van der Waals surface area contributed by atoms with Crippen molar-refractivity contribution in [2.75, 3.05) is 24.5 Å². The van der Waals surface area contributed by atoms with E-state index in [0.717, 1.165) is 43.7 Å². The van der Waals surface area contributed by atoms with Crippen molar-refractivity contribution in [1.29, 1.82) is 0 Å². The largest absolute Gasteiger partial charge is 0.361 e. The molecule has 0 atom stereocenters. The minimum absolute atomic E-state index is 0.148. The Morgan fingerprint density at radius 2 is 1.79 bits per heavy atom. The van der Waals surface area contributed by atoms with Crippen LogP contribution in [0.1, 0.15) is 66.6 Å². The second kappa shape index (κ2) is 8.35. The number of rotatable bonds is 3. The first kappa shape index (κ1) is 22.8. The molecule has 1 fully saturated rings. The van der Waals surface area contributed by atoms with Crippen molar-refractivity contribution in [3.8, 4) is 0 Å². The molecule has 5 nitrogen and oxygen atoms in total. The molecular formula is C28H32FN3O2. The maximum atomic E-state index is 14.3. The van der Waals surface area contributed by atoms with Gasteiger partial charge in [0.25, 0.3) is 5.91 Å². The number of aryl methyl sites for hydroxylation is 1. The molecule has 0 unspecified atom stereocenters. The minimum atomic E-state index is -0.258. The van der Waals surface area contributed by atoms with E-state index in [4.69, 9.17) is 4.52 Å². The van der Waals surface area contributed by atoms with Gasteiger partial charge in [-0.15, -0.1) is 0 Å². The number of piperidine rings is 1. The fourth-order valence-corrected chi connectivity index (χ4v) is 5.36. The van der Waals surface area contributed by atoms with Crippen molar-refractivity contribution < 1.29 is 13.7 Å². The van der Waals surface area contributed by atoms with Crippen LogP contribution in [0.25, 0.3) is 0 Å². The number of nitrogens with zero attached hydrogens (tertiary/aromatic N) is 3. The Bertz CT molecular complexity index is 1200. The van der Waals surface area contributed by atoms with Gasteiger partial charge in [-0.1, -0.05) is 50.2 Å². The van der Waals surface area contributed by atoms with Gasteiger partial charge >= 0.3 is 0 Å². The summed E-state index contributed by atoms with van der Waals surface area (Å²) in [7, 11) is 0. The molecule has 34 heavy (non-hydrogen) atoms. The maximum Gasteiger partial charge on any atom is 0.280 e. The second-order valence-corrected chi connectivity index (χ2v) is 10.9. The van der Waals surface area contributed by atoms with E-state index in [0.29, 0.717) is 18.0 Å². The van der Waals surface area contributed by atoms with Crippen LogP contribution in [0, 0.1) is 12.7 Å². The van der Waals surface area contributed by atoms with Crippen molar-refractivity contribution in [2.24, 2.45) is 0 Å². The average molecular weight is 462 g/mol. The van der Waals surface area contributed by atoms with Gasteiger partial charge in [0, 0.05) is 30.3 Å². The summed E-state index contributed by atoms with van der Waals surface area (Å²) in [6.07, 6.45) is 1.76. The number of carbonyl (C=O) groups is 1. The van der Waals surface area contributed by atoms with Crippen LogP contribution >= 0.6 is 0 Å². The molecule has 3 aromatic rings. The molecule has 1 amide bonds. The van der Waals surface area contributed by atoms with Crippen LogP contribution in [0.5, 0.6) is 0 Å². The zero-order valence-corrected chi connectivity index (χ0v) is 20.4. The van der Waals surface area contributed by atoms with Crippen molar-refractivity contribution in [2.45, 2.75) is 57.9 Å². The highest BCUT2D eigenvalue weighted by Crippen LogP contribution is 2.47. The normalized spacial score (nSPS) is 17.9. The number of aromatic nitrogens is 1. The molecule has 6 heteroatoms. The van der Waals surface area contributed by atoms with E-state index >= 15 is 0 Å². The molecule has 0 saturated carbocycles. The minimum Gasteiger partial charge on any atom is -0.361 e. The van der Waals surface area contributed by atoms with Crippen LogP contribution < -0.4 is 4.90 Å². The first-order chi connectivity index (χ1) is 16.1. The third-order valence-electron chi connectivity index (χ3n) is 7.41. The first-order valence-corrected chi connectivity index (χ1v) is 12.0. The third kappa shape index (κ3) is 4.16. The fraction of sp³-hybridized carbons (Fsp3) is 0.429. The van der Waals surface area contributed by atoms with Crippen LogP contribution in [-0.2, 0) is 17.4 Å². The number of likely N-dealkylation sites (tertiary alicyclic amines) is 1. The van der Waals surface area contributed by atoms with Gasteiger partial charge in [0.15, 0.2) is 5.69 Å². The summed E-state index contributed by atoms with van der Waals surface area (Å²) in [4.78, 5) is 17.5. The molecule has 5 rings (SSSR count). The Morgan fingerprint density at radius 1 is 1.09 bits per heavy atom. The highest BCUT2D eigenvalue weighted by Gasteiger charge is 2.47. The molecule has 2 aliphatic rings. The zero-order valence-electron chi connectivity index (χ0n) is 20.4. The number of fused-ring (bicyclic) bond motifs is 2. The molecule has 3 heterocycles. The standard InChI is InChI=1S/C28H32FN3O2/c1-19-15-24(30-34-19)26(33)32-18-28(23-16-22(29)9-10-25(23)32)11-13-31(14-12-28)17-20-5-7-21(8-6-20)27(2,3)4/h5-10,15-16H,11-14,17-18H2,1-4H3. The molecule has 0 N–H and O–H groups in total. The monoisotopic (exact) mass is 461 g/mol. The average Bonchev–Trinajstić information content (AvgIpc) is 3.37. The molecular weight excluding hydrogens is 429 g/mol. The highest BCUT2D eigenvalue weighted by atomic mass is 19.1. The summed E-state index contributed by atoms with van der Waals surface area (Å²) in [5, 5.41) is 3.92. The molecule has 1 saturated heterocycles. The van der Waals surface area contributed by atoms with Gasteiger partial charge < -0.3 is 9.42 Å². The Kier molecular flexibility index (Phi) is 5.59. The van der Waals surface area contributed by atoms with E-state index in [1.807, 2.05) is 0 Å². The molecule has 1 spiro atoms. The second-order valence-electron chi connectivity index (χ2n) is 10.9. The summed E-state index contributed by atoms with van der Waals surface area (Å²) in [5.74, 6) is 0.148. The summed E-state index contributed by atoms with van der Waals surface area (Å²) in [6.45, 7) is 11.7. The number of benzene rings is 2. The number of hydrogen-bond donors (Lipinski definition) is 0. The maximum absolute atomic E-state index is 14.3. The van der Waals surface area contributed by atoms with Crippen molar-refractivity contribution >= 4 is 11.6 Å². The first-order valence-electron chi connectivity index (χ1n) is 12.0. The number of halogens is 1. The topological polar surface area (TPSA) is 49.6 Å². The summed E-state index contributed by atoms with van der Waals surface area (Å²) < 4.78 is 19.4. The molecule has 2 aliphatic heterocycles. The summed E-state index contributed by atoms with van der Waals surface area (Å²) >= 11 is 0. The lowest BCUT2D eigenvalue weighted by molar-refractivity contribution is 0.0967. The fourth-order valence-electron chi connectivity index (χ4n) is 5.36. The van der Waals surface area contributed by atoms with Crippen LogP contribution in [0.2, 0.25) is 0 Å². The van der Waals surface area contributed by atoms with Crippen LogP contribution in [0.3, 0.4) is 0 Å². The summed E-state index contributed by atoms with van der Waals surface area (Å²) in [5.41, 5.74) is 4.58. The van der Waals surface area contributed by atoms with E-state index in [2.05, 4.69) is 55.1 Å². The van der Waals surface area contributed by atoms with Crippen LogP contribution in [0.4, 0.5) is 10.1 Å². The Morgan fingerprint density at radius 3 is 2.41 bits per heavy atom.